The number of methoxy groups -OCH3 is 2. The van der Waals surface area contributed by atoms with Crippen molar-refractivity contribution < 1.29 is 19.4 Å². The first-order valence-corrected chi connectivity index (χ1v) is 6.48. The van der Waals surface area contributed by atoms with E-state index in [1.54, 1.807) is 38.6 Å². The first-order chi connectivity index (χ1) is 10.6. The molecule has 6 heteroatoms. The van der Waals surface area contributed by atoms with Gasteiger partial charge < -0.3 is 14.6 Å². The van der Waals surface area contributed by atoms with Crippen molar-refractivity contribution in [3.8, 4) is 11.5 Å². The van der Waals surface area contributed by atoms with Gasteiger partial charge in [-0.1, -0.05) is 0 Å². The zero-order chi connectivity index (χ0) is 15.9. The van der Waals surface area contributed by atoms with Crippen LogP contribution in [-0.4, -0.2) is 31.5 Å². The van der Waals surface area contributed by atoms with Crippen molar-refractivity contribution in [3.05, 3.63) is 53.6 Å². The summed E-state index contributed by atoms with van der Waals surface area (Å²) in [4.78, 5) is 10.8. The average Bonchev–Trinajstić information content (AvgIpc) is 2.55. The van der Waals surface area contributed by atoms with Crippen LogP contribution < -0.4 is 14.9 Å². The summed E-state index contributed by atoms with van der Waals surface area (Å²) in [5.41, 5.74) is 4.54. The number of hydrogen-bond donors (Lipinski definition) is 2. The number of ether oxygens (including phenoxy) is 2. The third-order valence-electron chi connectivity index (χ3n) is 2.97. The van der Waals surface area contributed by atoms with Gasteiger partial charge in [-0.15, -0.1) is 0 Å². The second-order valence-electron chi connectivity index (χ2n) is 4.36. The molecule has 2 N–H and O–H groups in total. The zero-order valence-electron chi connectivity index (χ0n) is 12.2. The van der Waals surface area contributed by atoms with E-state index in [4.69, 9.17) is 14.6 Å². The second-order valence-corrected chi connectivity index (χ2v) is 4.36. The first-order valence-electron chi connectivity index (χ1n) is 6.48. The Kier molecular flexibility index (Phi) is 4.98. The predicted molar refractivity (Wildman–Crippen MR) is 84.2 cm³/mol. The number of nitrogens with one attached hydrogen (secondary N) is 1. The summed E-state index contributed by atoms with van der Waals surface area (Å²) in [5.74, 6) is 0.385. The Morgan fingerprint density at radius 2 is 1.86 bits per heavy atom. The quantitative estimate of drug-likeness (QED) is 0.633. The summed E-state index contributed by atoms with van der Waals surface area (Å²) in [6.07, 6.45) is 1.61. The van der Waals surface area contributed by atoms with Crippen LogP contribution >= 0.6 is 0 Å². The minimum absolute atomic E-state index is 0.228. The van der Waals surface area contributed by atoms with Crippen LogP contribution in [0.5, 0.6) is 11.5 Å². The number of anilines is 1. The summed E-state index contributed by atoms with van der Waals surface area (Å²) in [7, 11) is 3.16. The van der Waals surface area contributed by atoms with Crippen LogP contribution in [0.2, 0.25) is 0 Å². The van der Waals surface area contributed by atoms with E-state index >= 15 is 0 Å². The van der Waals surface area contributed by atoms with Crippen molar-refractivity contribution in [3.63, 3.8) is 0 Å². The number of carbonyl (C=O) groups is 1. The molecule has 0 atom stereocenters. The van der Waals surface area contributed by atoms with Gasteiger partial charge >= 0.3 is 5.97 Å². The molecule has 2 rings (SSSR count). The predicted octanol–water partition coefficient (Wildman–Crippen LogP) is 2.85. The highest BCUT2D eigenvalue weighted by Gasteiger charge is 2.03. The van der Waals surface area contributed by atoms with Gasteiger partial charge in [-0.2, -0.15) is 5.10 Å². The first kappa shape index (κ1) is 15.4. The number of hydrogen-bond acceptors (Lipinski definition) is 5. The van der Waals surface area contributed by atoms with E-state index in [0.29, 0.717) is 17.2 Å². The van der Waals surface area contributed by atoms with Gasteiger partial charge in [0.25, 0.3) is 0 Å². The lowest BCUT2D eigenvalue weighted by atomic mass is 10.2. The van der Waals surface area contributed by atoms with Crippen LogP contribution in [0.3, 0.4) is 0 Å². The molecule has 0 amide bonds. The van der Waals surface area contributed by atoms with Gasteiger partial charge in [-0.05, 0) is 36.4 Å². The molecule has 2 aromatic rings. The summed E-state index contributed by atoms with van der Waals surface area (Å²) in [5, 5.41) is 12.9. The minimum Gasteiger partial charge on any atom is -0.497 e. The average molecular weight is 300 g/mol. The summed E-state index contributed by atoms with van der Waals surface area (Å²) in [6.45, 7) is 0. The standard InChI is InChI=1S/C16H16N2O4/c1-21-14-8-5-12(15(9-14)22-2)10-17-18-13-6-3-11(4-7-13)16(19)20/h3-10,18H,1-2H3,(H,19,20)/b17-10-. The van der Waals surface area contributed by atoms with E-state index in [-0.39, 0.29) is 5.56 Å². The third kappa shape index (κ3) is 3.76. The minimum atomic E-state index is -0.960. The fourth-order valence-corrected chi connectivity index (χ4v) is 1.79. The van der Waals surface area contributed by atoms with E-state index in [1.807, 2.05) is 12.1 Å². The van der Waals surface area contributed by atoms with Crippen LogP contribution in [-0.2, 0) is 0 Å². The molecule has 0 aliphatic heterocycles. The Hall–Kier alpha value is -3.02. The van der Waals surface area contributed by atoms with Crippen LogP contribution in [0.25, 0.3) is 0 Å². The Bertz CT molecular complexity index is 681. The van der Waals surface area contributed by atoms with Gasteiger partial charge in [0.05, 0.1) is 31.7 Å². The fourth-order valence-electron chi connectivity index (χ4n) is 1.79. The number of nitrogens with zero attached hydrogens (tertiary/aromatic N) is 1. The molecule has 6 nitrogen and oxygen atoms in total. The maximum atomic E-state index is 10.8. The van der Waals surface area contributed by atoms with Gasteiger partial charge in [0.1, 0.15) is 11.5 Å². The second kappa shape index (κ2) is 7.12. The van der Waals surface area contributed by atoms with Gasteiger partial charge in [0, 0.05) is 11.6 Å². The molecule has 22 heavy (non-hydrogen) atoms. The zero-order valence-corrected chi connectivity index (χ0v) is 12.2. The lowest BCUT2D eigenvalue weighted by Gasteiger charge is -2.07. The van der Waals surface area contributed by atoms with E-state index in [1.165, 1.54) is 12.1 Å². The maximum absolute atomic E-state index is 10.8. The van der Waals surface area contributed by atoms with Crippen molar-refractivity contribution in [2.24, 2.45) is 5.10 Å². The highest BCUT2D eigenvalue weighted by Crippen LogP contribution is 2.23. The maximum Gasteiger partial charge on any atom is 0.335 e. The molecular weight excluding hydrogens is 284 g/mol. The highest BCUT2D eigenvalue weighted by molar-refractivity contribution is 5.88. The van der Waals surface area contributed by atoms with E-state index < -0.39 is 5.97 Å². The Labute approximate surface area is 128 Å². The number of benzene rings is 2. The molecule has 0 heterocycles. The Balaban J connectivity index is 2.07. The molecule has 114 valence electrons. The molecule has 0 aliphatic rings. The van der Waals surface area contributed by atoms with E-state index in [0.717, 1.165) is 5.56 Å². The topological polar surface area (TPSA) is 80.2 Å². The molecule has 0 fully saturated rings. The van der Waals surface area contributed by atoms with Gasteiger partial charge in [0.2, 0.25) is 0 Å². The highest BCUT2D eigenvalue weighted by atomic mass is 16.5. The van der Waals surface area contributed by atoms with Gasteiger partial charge in [0.15, 0.2) is 0 Å². The fraction of sp³-hybridized carbons (Fsp3) is 0.125. The molecular formula is C16H16N2O4. The Morgan fingerprint density at radius 3 is 2.45 bits per heavy atom. The van der Waals surface area contributed by atoms with Crippen molar-refractivity contribution in [2.75, 3.05) is 19.6 Å². The van der Waals surface area contributed by atoms with Crippen molar-refractivity contribution in [2.45, 2.75) is 0 Å². The summed E-state index contributed by atoms with van der Waals surface area (Å²) < 4.78 is 10.4. The van der Waals surface area contributed by atoms with Crippen molar-refractivity contribution in [1.29, 1.82) is 0 Å². The number of hydrazone groups is 1. The number of carboxylic acid groups (broad SMARTS) is 1. The van der Waals surface area contributed by atoms with Gasteiger partial charge in [-0.25, -0.2) is 4.79 Å². The molecule has 0 radical (unpaired) electrons. The van der Waals surface area contributed by atoms with Crippen LogP contribution in [0.4, 0.5) is 5.69 Å². The van der Waals surface area contributed by atoms with Gasteiger partial charge in [-0.3, -0.25) is 5.43 Å². The number of rotatable bonds is 6. The molecule has 0 aromatic heterocycles. The lowest BCUT2D eigenvalue weighted by Crippen LogP contribution is -1.97. The SMILES string of the molecule is COc1ccc(/C=N\Nc2ccc(C(=O)O)cc2)c(OC)c1. The van der Waals surface area contributed by atoms with E-state index in [2.05, 4.69) is 10.5 Å². The van der Waals surface area contributed by atoms with E-state index in [9.17, 15) is 4.79 Å². The molecule has 0 saturated carbocycles. The van der Waals surface area contributed by atoms with Crippen molar-refractivity contribution >= 4 is 17.9 Å². The normalized spacial score (nSPS) is 10.5. The Morgan fingerprint density at radius 1 is 1.14 bits per heavy atom. The molecule has 0 bridgehead atoms. The molecule has 2 aromatic carbocycles. The lowest BCUT2D eigenvalue weighted by molar-refractivity contribution is 0.0697. The van der Waals surface area contributed by atoms with Crippen LogP contribution in [0, 0.1) is 0 Å². The molecule has 0 unspecified atom stereocenters. The number of carboxylic acids is 1. The smallest absolute Gasteiger partial charge is 0.335 e. The molecule has 0 aliphatic carbocycles. The molecule has 0 saturated heterocycles. The van der Waals surface area contributed by atoms with Crippen LogP contribution in [0.1, 0.15) is 15.9 Å². The third-order valence-corrected chi connectivity index (χ3v) is 2.97. The largest absolute Gasteiger partial charge is 0.497 e. The summed E-state index contributed by atoms with van der Waals surface area (Å²) in [6, 6.07) is 11.7. The summed E-state index contributed by atoms with van der Waals surface area (Å²) >= 11 is 0. The monoisotopic (exact) mass is 300 g/mol. The van der Waals surface area contributed by atoms with Crippen LogP contribution in [0.15, 0.2) is 47.6 Å². The van der Waals surface area contributed by atoms with Crippen molar-refractivity contribution in [1.82, 2.24) is 0 Å². The number of aromatic carboxylic acids is 1. The molecule has 0 spiro atoms.